The second kappa shape index (κ2) is 5.82. The number of nitrogens with one attached hydrogen (secondary N) is 1. The highest BCUT2D eigenvalue weighted by Gasteiger charge is 2.03. The van der Waals surface area contributed by atoms with Crippen LogP contribution < -0.4 is 10.1 Å². The van der Waals surface area contributed by atoms with Crippen molar-refractivity contribution in [3.63, 3.8) is 0 Å². The van der Waals surface area contributed by atoms with E-state index in [1.165, 1.54) is 9.75 Å². The van der Waals surface area contributed by atoms with Crippen molar-refractivity contribution in [3.8, 4) is 5.88 Å². The summed E-state index contributed by atoms with van der Waals surface area (Å²) in [7, 11) is 0. The molecule has 0 unspecified atom stereocenters. The molecule has 0 aliphatic rings. The van der Waals surface area contributed by atoms with E-state index >= 15 is 0 Å². The largest absolute Gasteiger partial charge is 0.475 e. The zero-order valence-electron chi connectivity index (χ0n) is 10.8. The fourth-order valence-electron chi connectivity index (χ4n) is 1.48. The van der Waals surface area contributed by atoms with Gasteiger partial charge in [-0.25, -0.2) is 4.98 Å². The maximum absolute atomic E-state index is 5.52. The predicted molar refractivity (Wildman–Crippen MR) is 74.2 cm³/mol. The van der Waals surface area contributed by atoms with Gasteiger partial charge in [0.2, 0.25) is 11.8 Å². The molecule has 0 aromatic carbocycles. The van der Waals surface area contributed by atoms with Gasteiger partial charge < -0.3 is 10.1 Å². The summed E-state index contributed by atoms with van der Waals surface area (Å²) in [6.45, 7) is 6.79. The average molecular weight is 263 g/mol. The van der Waals surface area contributed by atoms with Gasteiger partial charge in [-0.15, -0.1) is 11.3 Å². The van der Waals surface area contributed by atoms with Crippen molar-refractivity contribution in [1.29, 1.82) is 0 Å². The highest BCUT2D eigenvalue weighted by atomic mass is 32.1. The molecule has 2 aromatic heterocycles. The number of thiophene rings is 1. The monoisotopic (exact) mass is 263 g/mol. The summed E-state index contributed by atoms with van der Waals surface area (Å²) < 4.78 is 5.52. The van der Waals surface area contributed by atoms with Gasteiger partial charge in [-0.2, -0.15) is 4.98 Å². The van der Waals surface area contributed by atoms with Gasteiger partial charge in [-0.05, 0) is 32.9 Å². The molecule has 5 heteroatoms. The van der Waals surface area contributed by atoms with Crippen molar-refractivity contribution < 1.29 is 4.74 Å². The molecule has 2 rings (SSSR count). The smallest absolute Gasteiger partial charge is 0.226 e. The lowest BCUT2D eigenvalue weighted by Gasteiger charge is -2.09. The highest BCUT2D eigenvalue weighted by molar-refractivity contribution is 7.11. The van der Waals surface area contributed by atoms with Crippen LogP contribution in [-0.2, 0) is 6.54 Å². The molecule has 0 spiro atoms. The molecule has 0 aliphatic carbocycles. The van der Waals surface area contributed by atoms with Gasteiger partial charge in [-0.1, -0.05) is 0 Å². The number of anilines is 1. The van der Waals surface area contributed by atoms with Crippen LogP contribution in [0.2, 0.25) is 0 Å². The summed E-state index contributed by atoms with van der Waals surface area (Å²) in [4.78, 5) is 11.0. The van der Waals surface area contributed by atoms with Gasteiger partial charge in [0.15, 0.2) is 0 Å². The van der Waals surface area contributed by atoms with Gasteiger partial charge in [0.05, 0.1) is 12.6 Å². The van der Waals surface area contributed by atoms with E-state index in [1.807, 2.05) is 13.8 Å². The Bertz CT molecular complexity index is 510. The number of rotatable bonds is 5. The van der Waals surface area contributed by atoms with Crippen molar-refractivity contribution in [3.05, 3.63) is 34.2 Å². The molecule has 0 aliphatic heterocycles. The van der Waals surface area contributed by atoms with Crippen LogP contribution in [0.4, 0.5) is 5.95 Å². The zero-order valence-corrected chi connectivity index (χ0v) is 11.6. The van der Waals surface area contributed by atoms with Crippen molar-refractivity contribution >= 4 is 17.3 Å². The quantitative estimate of drug-likeness (QED) is 0.899. The van der Waals surface area contributed by atoms with Gasteiger partial charge >= 0.3 is 0 Å². The van der Waals surface area contributed by atoms with E-state index in [0.29, 0.717) is 11.8 Å². The number of aryl methyl sites for hydroxylation is 1. The minimum absolute atomic E-state index is 0.118. The van der Waals surface area contributed by atoms with Crippen LogP contribution in [0.25, 0.3) is 0 Å². The first-order chi connectivity index (χ1) is 8.63. The van der Waals surface area contributed by atoms with Crippen LogP contribution in [0.3, 0.4) is 0 Å². The molecule has 0 fully saturated rings. The number of aromatic nitrogens is 2. The molecule has 0 atom stereocenters. The summed E-state index contributed by atoms with van der Waals surface area (Å²) in [5.74, 6) is 1.20. The molecular weight excluding hydrogens is 246 g/mol. The third-order valence-electron chi connectivity index (χ3n) is 2.20. The normalized spacial score (nSPS) is 10.7. The molecule has 0 saturated carbocycles. The van der Waals surface area contributed by atoms with Gasteiger partial charge in [0, 0.05) is 22.0 Å². The Morgan fingerprint density at radius 2 is 2.17 bits per heavy atom. The maximum Gasteiger partial charge on any atom is 0.226 e. The van der Waals surface area contributed by atoms with Crippen LogP contribution in [0.15, 0.2) is 24.4 Å². The van der Waals surface area contributed by atoms with E-state index < -0.39 is 0 Å². The van der Waals surface area contributed by atoms with Crippen molar-refractivity contribution in [2.45, 2.75) is 33.4 Å². The van der Waals surface area contributed by atoms with E-state index in [2.05, 4.69) is 34.3 Å². The number of hydrogen-bond acceptors (Lipinski definition) is 5. The molecule has 0 bridgehead atoms. The Labute approximate surface area is 111 Å². The Balaban J connectivity index is 1.96. The molecule has 96 valence electrons. The number of hydrogen-bond donors (Lipinski definition) is 1. The van der Waals surface area contributed by atoms with Gasteiger partial charge in [0.25, 0.3) is 0 Å². The highest BCUT2D eigenvalue weighted by Crippen LogP contribution is 2.16. The first-order valence-corrected chi connectivity index (χ1v) is 6.74. The zero-order chi connectivity index (χ0) is 13.0. The third-order valence-corrected chi connectivity index (χ3v) is 3.20. The van der Waals surface area contributed by atoms with Crippen LogP contribution in [-0.4, -0.2) is 16.1 Å². The van der Waals surface area contributed by atoms with Crippen LogP contribution in [0.1, 0.15) is 23.6 Å². The second-order valence-electron chi connectivity index (χ2n) is 4.25. The summed E-state index contributed by atoms with van der Waals surface area (Å²) in [5, 5.41) is 3.20. The van der Waals surface area contributed by atoms with Crippen molar-refractivity contribution in [2.75, 3.05) is 5.32 Å². The summed E-state index contributed by atoms with van der Waals surface area (Å²) in [6, 6.07) is 5.99. The molecular formula is C13H17N3OS. The van der Waals surface area contributed by atoms with Crippen LogP contribution in [0.5, 0.6) is 5.88 Å². The lowest BCUT2D eigenvalue weighted by molar-refractivity contribution is 0.232. The Morgan fingerprint density at radius 3 is 2.83 bits per heavy atom. The van der Waals surface area contributed by atoms with E-state index in [0.717, 1.165) is 6.54 Å². The fraction of sp³-hybridized carbons (Fsp3) is 0.385. The first-order valence-electron chi connectivity index (χ1n) is 5.92. The molecule has 2 aromatic rings. The molecule has 2 heterocycles. The lowest BCUT2D eigenvalue weighted by atomic mass is 10.4. The lowest BCUT2D eigenvalue weighted by Crippen LogP contribution is -2.09. The van der Waals surface area contributed by atoms with E-state index in [4.69, 9.17) is 4.74 Å². The minimum Gasteiger partial charge on any atom is -0.475 e. The predicted octanol–water partition coefficient (Wildman–Crippen LogP) is 3.25. The van der Waals surface area contributed by atoms with Crippen molar-refractivity contribution in [2.24, 2.45) is 0 Å². The molecule has 0 amide bonds. The summed E-state index contributed by atoms with van der Waals surface area (Å²) in [5.41, 5.74) is 0. The fourth-order valence-corrected chi connectivity index (χ4v) is 2.31. The van der Waals surface area contributed by atoms with Crippen LogP contribution in [0, 0.1) is 6.92 Å². The molecule has 4 nitrogen and oxygen atoms in total. The van der Waals surface area contributed by atoms with Gasteiger partial charge in [0.1, 0.15) is 0 Å². The average Bonchev–Trinajstić information content (AvgIpc) is 2.72. The van der Waals surface area contributed by atoms with E-state index in [1.54, 1.807) is 23.6 Å². The minimum atomic E-state index is 0.118. The second-order valence-corrected chi connectivity index (χ2v) is 5.62. The summed E-state index contributed by atoms with van der Waals surface area (Å²) >= 11 is 1.77. The number of ether oxygens (including phenoxy) is 1. The van der Waals surface area contributed by atoms with Gasteiger partial charge in [-0.3, -0.25) is 0 Å². The van der Waals surface area contributed by atoms with E-state index in [-0.39, 0.29) is 6.10 Å². The Kier molecular flexibility index (Phi) is 4.15. The Morgan fingerprint density at radius 1 is 1.33 bits per heavy atom. The molecule has 0 saturated heterocycles. The topological polar surface area (TPSA) is 47.0 Å². The SMILES string of the molecule is Cc1ccc(CNc2nccc(OC(C)C)n2)s1. The Hall–Kier alpha value is -1.62. The van der Waals surface area contributed by atoms with Crippen LogP contribution >= 0.6 is 11.3 Å². The standard InChI is InChI=1S/C13H17N3OS/c1-9(2)17-12-6-7-14-13(16-12)15-8-11-5-4-10(3)18-11/h4-7,9H,8H2,1-3H3,(H,14,15,16). The molecule has 1 N–H and O–H groups in total. The first kappa shape index (κ1) is 12.8. The number of nitrogens with zero attached hydrogens (tertiary/aromatic N) is 2. The molecule has 18 heavy (non-hydrogen) atoms. The summed E-state index contributed by atoms with van der Waals surface area (Å²) in [6.07, 6.45) is 1.82. The van der Waals surface area contributed by atoms with E-state index in [9.17, 15) is 0 Å². The molecule has 0 radical (unpaired) electrons. The van der Waals surface area contributed by atoms with Crippen molar-refractivity contribution in [1.82, 2.24) is 9.97 Å². The third kappa shape index (κ3) is 3.70. The maximum atomic E-state index is 5.52.